The second kappa shape index (κ2) is 6.03. The molecule has 0 saturated carbocycles. The average Bonchev–Trinajstić information content (AvgIpc) is 2.27. The molecule has 0 spiro atoms. The van der Waals surface area contributed by atoms with Crippen LogP contribution in [-0.4, -0.2) is 41.8 Å². The summed E-state index contributed by atoms with van der Waals surface area (Å²) < 4.78 is 0. The van der Waals surface area contributed by atoms with Gasteiger partial charge in [-0.05, 0) is 40.1 Å². The molecule has 5 heteroatoms. The van der Waals surface area contributed by atoms with Gasteiger partial charge in [-0.2, -0.15) is 10.4 Å². The lowest BCUT2D eigenvalue weighted by Crippen LogP contribution is -2.23. The molecule has 0 aliphatic carbocycles. The molecule has 16 heavy (non-hydrogen) atoms. The fourth-order valence-electron chi connectivity index (χ4n) is 1.29. The zero-order valence-corrected chi connectivity index (χ0v) is 9.94. The van der Waals surface area contributed by atoms with E-state index in [2.05, 4.69) is 33.4 Å². The maximum atomic E-state index is 8.88. The minimum atomic E-state index is 0.270. The van der Waals surface area contributed by atoms with Gasteiger partial charge in [0, 0.05) is 6.04 Å². The summed E-state index contributed by atoms with van der Waals surface area (Å²) in [4.78, 5) is 2.13. The first-order valence-corrected chi connectivity index (χ1v) is 5.26. The maximum absolute atomic E-state index is 8.88. The fourth-order valence-corrected chi connectivity index (χ4v) is 1.29. The second-order valence-corrected chi connectivity index (χ2v) is 4.04. The molecule has 1 unspecified atom stereocenters. The largest absolute Gasteiger partial charge is 0.365 e. The van der Waals surface area contributed by atoms with E-state index >= 15 is 0 Å². The first kappa shape index (κ1) is 12.4. The van der Waals surface area contributed by atoms with Crippen molar-refractivity contribution in [3.05, 3.63) is 17.8 Å². The first-order chi connectivity index (χ1) is 7.63. The minimum Gasteiger partial charge on any atom is -0.365 e. The van der Waals surface area contributed by atoms with Crippen LogP contribution in [0.25, 0.3) is 0 Å². The predicted molar refractivity (Wildman–Crippen MR) is 63.0 cm³/mol. The van der Waals surface area contributed by atoms with Crippen LogP contribution in [0.1, 0.15) is 18.9 Å². The van der Waals surface area contributed by atoms with Crippen LogP contribution in [0.2, 0.25) is 0 Å². The number of hydrogen-bond acceptors (Lipinski definition) is 5. The SMILES string of the molecule is CC(CCN(C)C)Nc1nnccc1C#N. The molecule has 1 aromatic heterocycles. The maximum Gasteiger partial charge on any atom is 0.166 e. The van der Waals surface area contributed by atoms with E-state index in [9.17, 15) is 0 Å². The van der Waals surface area contributed by atoms with E-state index in [0.29, 0.717) is 11.4 Å². The van der Waals surface area contributed by atoms with Gasteiger partial charge in [-0.3, -0.25) is 0 Å². The van der Waals surface area contributed by atoms with Gasteiger partial charge in [0.2, 0.25) is 0 Å². The molecule has 0 amide bonds. The molecule has 1 atom stereocenters. The molecule has 5 nitrogen and oxygen atoms in total. The molecule has 1 rings (SSSR count). The summed E-state index contributed by atoms with van der Waals surface area (Å²) in [6, 6.07) is 4.02. The monoisotopic (exact) mass is 219 g/mol. The van der Waals surface area contributed by atoms with Crippen molar-refractivity contribution in [2.24, 2.45) is 0 Å². The standard InChI is InChI=1S/C11H17N5/c1-9(5-7-16(2)3)14-11-10(8-12)4-6-13-15-11/h4,6,9H,5,7H2,1-3H3,(H,14,15). The number of nitrogens with zero attached hydrogens (tertiary/aromatic N) is 4. The van der Waals surface area contributed by atoms with Gasteiger partial charge < -0.3 is 10.2 Å². The predicted octanol–water partition coefficient (Wildman–Crippen LogP) is 1.10. The van der Waals surface area contributed by atoms with E-state index in [1.165, 1.54) is 6.20 Å². The highest BCUT2D eigenvalue weighted by atomic mass is 15.2. The Labute approximate surface area is 96.1 Å². The van der Waals surface area contributed by atoms with Gasteiger partial charge >= 0.3 is 0 Å². The van der Waals surface area contributed by atoms with Crippen molar-refractivity contribution in [1.82, 2.24) is 15.1 Å². The zero-order chi connectivity index (χ0) is 12.0. The summed E-state index contributed by atoms with van der Waals surface area (Å²) in [5.74, 6) is 0.566. The van der Waals surface area contributed by atoms with Crippen LogP contribution in [0.4, 0.5) is 5.82 Å². The van der Waals surface area contributed by atoms with E-state index < -0.39 is 0 Å². The summed E-state index contributed by atoms with van der Waals surface area (Å²) in [6.07, 6.45) is 2.52. The number of aromatic nitrogens is 2. The average molecular weight is 219 g/mol. The van der Waals surface area contributed by atoms with E-state index in [1.54, 1.807) is 6.07 Å². The Morgan fingerprint density at radius 1 is 1.56 bits per heavy atom. The van der Waals surface area contributed by atoms with Gasteiger partial charge in [-0.1, -0.05) is 0 Å². The van der Waals surface area contributed by atoms with Gasteiger partial charge in [-0.15, -0.1) is 5.10 Å². The fraction of sp³-hybridized carbons (Fsp3) is 0.545. The molecular weight excluding hydrogens is 202 g/mol. The van der Waals surface area contributed by atoms with Crippen LogP contribution < -0.4 is 5.32 Å². The third-order valence-electron chi connectivity index (χ3n) is 2.23. The van der Waals surface area contributed by atoms with Crippen molar-refractivity contribution >= 4 is 5.82 Å². The van der Waals surface area contributed by atoms with Gasteiger partial charge in [0.25, 0.3) is 0 Å². The smallest absolute Gasteiger partial charge is 0.166 e. The molecule has 0 aliphatic rings. The van der Waals surface area contributed by atoms with Crippen molar-refractivity contribution in [3.63, 3.8) is 0 Å². The third-order valence-corrected chi connectivity index (χ3v) is 2.23. The quantitative estimate of drug-likeness (QED) is 0.803. The lowest BCUT2D eigenvalue weighted by Gasteiger charge is -2.17. The Morgan fingerprint density at radius 3 is 2.94 bits per heavy atom. The Balaban J connectivity index is 2.56. The van der Waals surface area contributed by atoms with E-state index in [4.69, 9.17) is 5.26 Å². The molecule has 86 valence electrons. The van der Waals surface area contributed by atoms with Crippen molar-refractivity contribution in [2.75, 3.05) is 26.0 Å². The highest BCUT2D eigenvalue weighted by Crippen LogP contribution is 2.10. The van der Waals surface area contributed by atoms with Crippen molar-refractivity contribution in [1.29, 1.82) is 5.26 Å². The normalized spacial score (nSPS) is 12.2. The summed E-state index contributed by atoms with van der Waals surface area (Å²) in [7, 11) is 4.07. The van der Waals surface area contributed by atoms with E-state index in [1.807, 2.05) is 14.1 Å². The van der Waals surface area contributed by atoms with Crippen molar-refractivity contribution in [2.45, 2.75) is 19.4 Å². The number of rotatable bonds is 5. The molecule has 1 aromatic rings. The molecule has 0 saturated heterocycles. The van der Waals surface area contributed by atoms with Crippen LogP contribution in [0.15, 0.2) is 12.3 Å². The molecule has 0 aliphatic heterocycles. The van der Waals surface area contributed by atoms with Crippen LogP contribution in [0.3, 0.4) is 0 Å². The third kappa shape index (κ3) is 3.83. The number of hydrogen-bond donors (Lipinski definition) is 1. The number of nitrogens with one attached hydrogen (secondary N) is 1. The topological polar surface area (TPSA) is 64.8 Å². The summed E-state index contributed by atoms with van der Waals surface area (Å²) in [5.41, 5.74) is 0.534. The molecule has 1 N–H and O–H groups in total. The summed E-state index contributed by atoms with van der Waals surface area (Å²) in [5, 5.41) is 19.8. The van der Waals surface area contributed by atoms with Gasteiger partial charge in [-0.25, -0.2) is 0 Å². The Morgan fingerprint density at radius 2 is 2.31 bits per heavy atom. The van der Waals surface area contributed by atoms with Crippen LogP contribution in [0, 0.1) is 11.3 Å². The second-order valence-electron chi connectivity index (χ2n) is 4.04. The number of nitriles is 1. The molecule has 0 aromatic carbocycles. The number of anilines is 1. The summed E-state index contributed by atoms with van der Waals surface area (Å²) in [6.45, 7) is 3.07. The van der Waals surface area contributed by atoms with Crippen LogP contribution >= 0.6 is 0 Å². The molecule has 1 heterocycles. The Bertz CT molecular complexity index is 369. The first-order valence-electron chi connectivity index (χ1n) is 5.26. The lowest BCUT2D eigenvalue weighted by molar-refractivity contribution is 0.390. The van der Waals surface area contributed by atoms with Crippen molar-refractivity contribution in [3.8, 4) is 6.07 Å². The van der Waals surface area contributed by atoms with Crippen LogP contribution in [0.5, 0.6) is 0 Å². The Kier molecular flexibility index (Phi) is 4.67. The minimum absolute atomic E-state index is 0.270. The molecule has 0 fully saturated rings. The highest BCUT2D eigenvalue weighted by molar-refractivity contribution is 5.50. The zero-order valence-electron chi connectivity index (χ0n) is 9.94. The van der Waals surface area contributed by atoms with Gasteiger partial charge in [0.15, 0.2) is 5.82 Å². The molecular formula is C11H17N5. The van der Waals surface area contributed by atoms with Crippen molar-refractivity contribution < 1.29 is 0 Å². The lowest BCUT2D eigenvalue weighted by atomic mass is 10.2. The molecule has 0 bridgehead atoms. The molecule has 0 radical (unpaired) electrons. The Hall–Kier alpha value is -1.67. The highest BCUT2D eigenvalue weighted by Gasteiger charge is 2.07. The van der Waals surface area contributed by atoms with Gasteiger partial charge in [0.1, 0.15) is 6.07 Å². The van der Waals surface area contributed by atoms with E-state index in [-0.39, 0.29) is 6.04 Å². The van der Waals surface area contributed by atoms with E-state index in [0.717, 1.165) is 13.0 Å². The summed E-state index contributed by atoms with van der Waals surface area (Å²) >= 11 is 0. The van der Waals surface area contributed by atoms with Crippen LogP contribution in [-0.2, 0) is 0 Å². The van der Waals surface area contributed by atoms with Gasteiger partial charge in [0.05, 0.1) is 11.8 Å².